The maximum Gasteiger partial charge on any atom is 0.500 e. The van der Waals surface area contributed by atoms with Gasteiger partial charge in [0.2, 0.25) is 0 Å². The van der Waals surface area contributed by atoms with E-state index in [1.165, 1.54) is 0 Å². The molecule has 0 aliphatic carbocycles. The highest BCUT2D eigenvalue weighted by atomic mass is 127. The zero-order chi connectivity index (χ0) is 10.5. The Morgan fingerprint density at radius 3 is 1.69 bits per heavy atom. The van der Waals surface area contributed by atoms with Crippen molar-refractivity contribution in [3.8, 4) is 0 Å². The van der Waals surface area contributed by atoms with Crippen LogP contribution in [0.4, 0.5) is 0 Å². The normalized spacial score (nSPS) is 14.6. The van der Waals surface area contributed by atoms with Crippen LogP contribution in [0.5, 0.6) is 0 Å². The lowest BCUT2D eigenvalue weighted by atomic mass is 11.0. The monoisotopic (exact) mass is 338 g/mol. The number of rotatable bonds is 6. The third-order valence-corrected chi connectivity index (χ3v) is 7.41. The fourth-order valence-electron chi connectivity index (χ4n) is 0.924. The van der Waals surface area contributed by atoms with Gasteiger partial charge in [0.25, 0.3) is 0 Å². The van der Waals surface area contributed by atoms with Gasteiger partial charge >= 0.3 is 8.80 Å². The highest BCUT2D eigenvalue weighted by molar-refractivity contribution is 14.2. The summed E-state index contributed by atoms with van der Waals surface area (Å²) in [6.07, 6.45) is 4.54. The van der Waals surface area contributed by atoms with E-state index in [2.05, 4.69) is 33.7 Å². The summed E-state index contributed by atoms with van der Waals surface area (Å²) in [4.78, 5) is 0. The molecular weight excluding hydrogens is 319 g/mol. The summed E-state index contributed by atoms with van der Waals surface area (Å²) >= 11 is 2.50. The molecule has 0 amide bonds. The quantitative estimate of drug-likeness (QED) is 0.549. The highest BCUT2D eigenvalue weighted by Crippen LogP contribution is 2.50. The van der Waals surface area contributed by atoms with Gasteiger partial charge in [-0.2, -0.15) is 7.20 Å². The first-order valence-electron chi connectivity index (χ1n) is 3.95. The molecule has 0 aliphatic heterocycles. The van der Waals surface area contributed by atoms with Gasteiger partial charge in [-0.1, -0.05) is 0 Å². The van der Waals surface area contributed by atoms with Gasteiger partial charge in [0.15, 0.2) is 0 Å². The third-order valence-electron chi connectivity index (χ3n) is 1.83. The molecule has 0 aliphatic rings. The molecule has 0 fully saturated rings. The molecule has 0 aromatic rings. The first kappa shape index (κ1) is 14.2. The van der Waals surface area contributed by atoms with Gasteiger partial charge in [0.1, 0.15) is 0 Å². The van der Waals surface area contributed by atoms with Crippen molar-refractivity contribution in [1.29, 1.82) is 0 Å². The SMILES string of the molecule is CO[Si](CCS(C)(C)I)(OC)OC. The second-order valence-corrected chi connectivity index (χ2v) is 16.6. The molecular formula is C7H19IO3SSi. The minimum absolute atomic E-state index is 0.523. The van der Waals surface area contributed by atoms with E-state index in [-0.39, 0.29) is 0 Å². The van der Waals surface area contributed by atoms with Crippen molar-refractivity contribution in [3.05, 3.63) is 0 Å². The molecule has 13 heavy (non-hydrogen) atoms. The smallest absolute Gasteiger partial charge is 0.377 e. The van der Waals surface area contributed by atoms with E-state index < -0.39 is 16.0 Å². The molecule has 3 nitrogen and oxygen atoms in total. The van der Waals surface area contributed by atoms with E-state index in [1.54, 1.807) is 21.3 Å². The van der Waals surface area contributed by atoms with E-state index in [9.17, 15) is 0 Å². The zero-order valence-corrected chi connectivity index (χ0v) is 12.9. The van der Waals surface area contributed by atoms with Crippen molar-refractivity contribution in [1.82, 2.24) is 0 Å². The topological polar surface area (TPSA) is 27.7 Å². The maximum absolute atomic E-state index is 5.34. The van der Waals surface area contributed by atoms with Crippen LogP contribution in [-0.2, 0) is 13.3 Å². The largest absolute Gasteiger partial charge is 0.500 e. The average Bonchev–Trinajstić information content (AvgIpc) is 2.06. The number of halogens is 1. The minimum atomic E-state index is -2.31. The average molecular weight is 338 g/mol. The van der Waals surface area contributed by atoms with Gasteiger partial charge < -0.3 is 13.3 Å². The second-order valence-electron chi connectivity index (χ2n) is 3.15. The summed E-state index contributed by atoms with van der Waals surface area (Å²) in [6.45, 7) is 0. The van der Waals surface area contributed by atoms with E-state index in [4.69, 9.17) is 13.3 Å². The van der Waals surface area contributed by atoms with Crippen LogP contribution in [0, 0.1) is 0 Å². The fraction of sp³-hybridized carbons (Fsp3) is 1.00. The Morgan fingerprint density at radius 2 is 1.46 bits per heavy atom. The third kappa shape index (κ3) is 5.58. The van der Waals surface area contributed by atoms with Crippen LogP contribution in [0.3, 0.4) is 0 Å². The Balaban J connectivity index is 4.11. The molecule has 0 saturated carbocycles. The van der Waals surface area contributed by atoms with Crippen molar-refractivity contribution in [2.75, 3.05) is 39.6 Å². The molecule has 0 saturated heterocycles. The first-order chi connectivity index (χ1) is 5.89. The lowest BCUT2D eigenvalue weighted by molar-refractivity contribution is 0.125. The van der Waals surface area contributed by atoms with E-state index in [0.717, 1.165) is 11.8 Å². The van der Waals surface area contributed by atoms with Gasteiger partial charge in [-0.15, -0.1) is 0 Å². The Labute approximate surface area is 95.8 Å². The molecule has 0 rings (SSSR count). The van der Waals surface area contributed by atoms with Gasteiger partial charge in [-0.3, -0.25) is 0 Å². The van der Waals surface area contributed by atoms with Crippen molar-refractivity contribution >= 4 is 37.2 Å². The van der Waals surface area contributed by atoms with Gasteiger partial charge in [0, 0.05) is 27.4 Å². The van der Waals surface area contributed by atoms with Crippen LogP contribution in [0.1, 0.15) is 0 Å². The second kappa shape index (κ2) is 5.91. The summed E-state index contributed by atoms with van der Waals surface area (Å²) in [7, 11) is 2.15. The van der Waals surface area contributed by atoms with E-state index >= 15 is 0 Å². The maximum atomic E-state index is 5.34. The van der Waals surface area contributed by atoms with Crippen LogP contribution < -0.4 is 0 Å². The molecule has 6 heteroatoms. The lowest BCUT2D eigenvalue weighted by Gasteiger charge is -2.29. The lowest BCUT2D eigenvalue weighted by Crippen LogP contribution is -2.43. The van der Waals surface area contributed by atoms with Crippen LogP contribution >= 0.6 is 28.4 Å². The first-order valence-corrected chi connectivity index (χ1v) is 11.0. The predicted octanol–water partition coefficient (Wildman–Crippen LogP) is 2.28. The van der Waals surface area contributed by atoms with E-state index in [0.29, 0.717) is 0 Å². The number of hydrogen-bond acceptors (Lipinski definition) is 3. The summed E-state index contributed by atoms with van der Waals surface area (Å²) in [5.74, 6) is 1.12. The molecule has 0 aromatic heterocycles. The Kier molecular flexibility index (Phi) is 6.45. The van der Waals surface area contributed by atoms with Crippen molar-refractivity contribution in [2.45, 2.75) is 6.04 Å². The summed E-state index contributed by atoms with van der Waals surface area (Å²) < 4.78 is 16.0. The Hall–Kier alpha value is 1.18. The molecule has 0 atom stereocenters. The van der Waals surface area contributed by atoms with E-state index in [1.807, 2.05) is 0 Å². The van der Waals surface area contributed by atoms with Crippen LogP contribution in [0.15, 0.2) is 0 Å². The highest BCUT2D eigenvalue weighted by Gasteiger charge is 2.38. The fourth-order valence-corrected chi connectivity index (χ4v) is 6.96. The van der Waals surface area contributed by atoms with Crippen LogP contribution in [-0.4, -0.2) is 48.4 Å². The molecule has 82 valence electrons. The minimum Gasteiger partial charge on any atom is -0.377 e. The number of hydrogen-bond donors (Lipinski definition) is 0. The van der Waals surface area contributed by atoms with Crippen LogP contribution in [0.2, 0.25) is 6.04 Å². The molecule has 0 unspecified atom stereocenters. The van der Waals surface area contributed by atoms with Gasteiger partial charge in [-0.25, -0.2) is 0 Å². The molecule has 0 aromatic carbocycles. The molecule has 0 radical (unpaired) electrons. The Bertz CT molecular complexity index is 139. The zero-order valence-electron chi connectivity index (χ0n) is 8.93. The van der Waals surface area contributed by atoms with Gasteiger partial charge in [0.05, 0.1) is 0 Å². The van der Waals surface area contributed by atoms with Crippen molar-refractivity contribution in [3.63, 3.8) is 0 Å². The Morgan fingerprint density at radius 1 is 1.08 bits per heavy atom. The van der Waals surface area contributed by atoms with Crippen molar-refractivity contribution in [2.24, 2.45) is 0 Å². The summed E-state index contributed by atoms with van der Waals surface area (Å²) in [5.41, 5.74) is 0. The van der Waals surface area contributed by atoms with Gasteiger partial charge in [-0.05, 0) is 39.5 Å². The summed E-state index contributed by atoms with van der Waals surface area (Å²) in [5, 5.41) is 0. The molecule has 0 bridgehead atoms. The predicted molar refractivity (Wildman–Crippen MR) is 69.9 cm³/mol. The van der Waals surface area contributed by atoms with Crippen molar-refractivity contribution < 1.29 is 13.3 Å². The standard InChI is InChI=1S/C7H19IO3SSi/c1-9-13(10-2,11-3)7-6-12(4,5)8/h6-7H2,1-5H3. The summed E-state index contributed by atoms with van der Waals surface area (Å²) in [6, 6.07) is 0.905. The molecule has 0 spiro atoms. The van der Waals surface area contributed by atoms with Crippen LogP contribution in [0.25, 0.3) is 0 Å². The molecule has 0 heterocycles. The molecule has 0 N–H and O–H groups in total.